The number of piperazine rings is 1. The van der Waals surface area contributed by atoms with Crippen LogP contribution >= 0.6 is 0 Å². The number of Topliss-reactive ketones (excluding diaryl/α,β-unsaturated/α-hetero) is 1. The van der Waals surface area contributed by atoms with Gasteiger partial charge in [-0.3, -0.25) is 34.1 Å². The van der Waals surface area contributed by atoms with E-state index in [1.54, 1.807) is 22.6 Å². The van der Waals surface area contributed by atoms with Crippen LogP contribution in [0.5, 0.6) is 0 Å². The summed E-state index contributed by atoms with van der Waals surface area (Å²) in [5, 5.41) is 6.34. The number of aromatic nitrogens is 4. The molecule has 3 aliphatic heterocycles. The molecular formula is C40H48N10O4. The van der Waals surface area contributed by atoms with Gasteiger partial charge in [0.2, 0.25) is 11.9 Å². The summed E-state index contributed by atoms with van der Waals surface area (Å²) in [6.45, 7) is 10.7. The van der Waals surface area contributed by atoms with Crippen molar-refractivity contribution in [2.45, 2.75) is 64.8 Å². The van der Waals surface area contributed by atoms with E-state index in [1.165, 1.54) is 12.6 Å². The Morgan fingerprint density at radius 2 is 1.50 bits per heavy atom. The van der Waals surface area contributed by atoms with Crippen LogP contribution in [0.3, 0.4) is 0 Å². The number of piperidine rings is 1. The van der Waals surface area contributed by atoms with Crippen molar-refractivity contribution in [3.05, 3.63) is 70.3 Å². The third-order valence-corrected chi connectivity index (χ3v) is 11.7. The number of anilines is 5. The number of carbonyl (C=O) groups is 3. The number of hydrogen-bond donors (Lipinski definition) is 2. The molecular weight excluding hydrogens is 685 g/mol. The molecule has 3 amide bonds. The summed E-state index contributed by atoms with van der Waals surface area (Å²) in [7, 11) is 0. The van der Waals surface area contributed by atoms with E-state index in [2.05, 4.69) is 53.5 Å². The van der Waals surface area contributed by atoms with Crippen LogP contribution in [0.4, 0.5) is 33.6 Å². The highest BCUT2D eigenvalue weighted by Crippen LogP contribution is 2.32. The maximum Gasteiger partial charge on any atom is 0.328 e. The second kappa shape index (κ2) is 15.2. The van der Waals surface area contributed by atoms with E-state index in [-0.39, 0.29) is 34.9 Å². The number of hydrogen-bond acceptors (Lipinski definition) is 11. The largest absolute Gasteiger partial charge is 0.372 e. The van der Waals surface area contributed by atoms with E-state index in [0.29, 0.717) is 41.9 Å². The number of benzene rings is 1. The first-order valence-corrected chi connectivity index (χ1v) is 19.3. The molecule has 6 heterocycles. The number of aryl methyl sites for hydroxylation is 1. The number of nitrogens with one attached hydrogen (secondary N) is 2. The van der Waals surface area contributed by atoms with E-state index < -0.39 is 0 Å². The number of rotatable bonds is 9. The summed E-state index contributed by atoms with van der Waals surface area (Å²) < 4.78 is 1.73. The van der Waals surface area contributed by atoms with Gasteiger partial charge in [-0.15, -0.1) is 0 Å². The van der Waals surface area contributed by atoms with Gasteiger partial charge in [0.25, 0.3) is 5.56 Å². The molecule has 3 saturated heterocycles. The zero-order chi connectivity index (χ0) is 37.3. The van der Waals surface area contributed by atoms with Crippen LogP contribution in [0.25, 0.3) is 11.0 Å². The molecule has 3 aromatic heterocycles. The van der Waals surface area contributed by atoms with Crippen LogP contribution in [-0.2, 0) is 4.79 Å². The van der Waals surface area contributed by atoms with Gasteiger partial charge >= 0.3 is 6.03 Å². The fraction of sp³-hybridized carbons (Fsp3) is 0.475. The number of pyridine rings is 2. The molecule has 8 rings (SSSR count). The van der Waals surface area contributed by atoms with Crippen molar-refractivity contribution in [2.24, 2.45) is 5.92 Å². The maximum absolute atomic E-state index is 13.6. The highest BCUT2D eigenvalue weighted by Gasteiger charge is 2.28. The molecule has 2 N–H and O–H groups in total. The van der Waals surface area contributed by atoms with Gasteiger partial charge in [0.1, 0.15) is 11.5 Å². The number of urea groups is 1. The highest BCUT2D eigenvalue weighted by molar-refractivity contribution is 6.05. The Morgan fingerprint density at radius 3 is 2.17 bits per heavy atom. The Kier molecular flexibility index (Phi) is 10.0. The van der Waals surface area contributed by atoms with E-state index in [1.807, 2.05) is 24.4 Å². The number of amides is 3. The van der Waals surface area contributed by atoms with E-state index in [9.17, 15) is 19.2 Å². The summed E-state index contributed by atoms with van der Waals surface area (Å²) in [5.74, 6) is 1.20. The monoisotopic (exact) mass is 732 g/mol. The first kappa shape index (κ1) is 35.6. The van der Waals surface area contributed by atoms with Gasteiger partial charge in [0.15, 0.2) is 5.78 Å². The fourth-order valence-corrected chi connectivity index (χ4v) is 8.65. The van der Waals surface area contributed by atoms with Crippen molar-refractivity contribution in [3.63, 3.8) is 0 Å². The second-order valence-corrected chi connectivity index (χ2v) is 15.1. The summed E-state index contributed by atoms with van der Waals surface area (Å²) >= 11 is 0. The predicted molar refractivity (Wildman–Crippen MR) is 209 cm³/mol. The molecule has 54 heavy (non-hydrogen) atoms. The molecule has 1 aliphatic carbocycles. The summed E-state index contributed by atoms with van der Waals surface area (Å²) in [6.07, 6.45) is 10.1. The fourth-order valence-electron chi connectivity index (χ4n) is 8.65. The Balaban J connectivity index is 0.831. The van der Waals surface area contributed by atoms with Gasteiger partial charge in [0, 0.05) is 87.8 Å². The maximum atomic E-state index is 13.6. The minimum Gasteiger partial charge on any atom is -0.372 e. The lowest BCUT2D eigenvalue weighted by molar-refractivity contribution is -0.120. The van der Waals surface area contributed by atoms with Crippen molar-refractivity contribution in [3.8, 4) is 0 Å². The predicted octanol–water partition coefficient (Wildman–Crippen LogP) is 5.04. The normalized spacial score (nSPS) is 19.1. The topological polar surface area (TPSA) is 149 Å². The molecule has 282 valence electrons. The average Bonchev–Trinajstić information content (AvgIpc) is 3.71. The Labute approximate surface area is 314 Å². The molecule has 0 radical (unpaired) electrons. The zero-order valence-corrected chi connectivity index (χ0v) is 31.1. The van der Waals surface area contributed by atoms with Crippen molar-refractivity contribution in [2.75, 3.05) is 72.4 Å². The molecule has 4 fully saturated rings. The van der Waals surface area contributed by atoms with Crippen molar-refractivity contribution < 1.29 is 14.4 Å². The molecule has 14 heteroatoms. The van der Waals surface area contributed by atoms with E-state index in [4.69, 9.17) is 4.98 Å². The third-order valence-electron chi connectivity index (χ3n) is 11.7. The Morgan fingerprint density at radius 1 is 0.815 bits per heavy atom. The first-order valence-electron chi connectivity index (χ1n) is 19.3. The molecule has 0 bridgehead atoms. The third kappa shape index (κ3) is 7.26. The number of imide groups is 1. The standard InChI is InChI=1S/C40H48N10O4/c1-26-33-24-42-39(45-37(33)50(31-5-3-4-6-31)38(53)36(26)27(2)51)43-34-12-11-32(23-41-34)48-21-19-46(20-22-48)25-28-13-16-47(17-14-28)29-7-9-30(10-8-29)49-18-15-35(52)44-40(49)54/h7-12,23-24,28,31H,3-6,13-22,25H2,1-2H3,(H,44,52,54)(H,41,42,43,45). The number of carbonyl (C=O) groups excluding carboxylic acids is 3. The zero-order valence-electron chi connectivity index (χ0n) is 31.1. The van der Waals surface area contributed by atoms with Crippen LogP contribution in [-0.4, -0.2) is 94.5 Å². The molecule has 0 unspecified atom stereocenters. The van der Waals surface area contributed by atoms with Crippen LogP contribution < -0.4 is 30.9 Å². The van der Waals surface area contributed by atoms with Crippen molar-refractivity contribution in [1.82, 2.24) is 29.7 Å². The lowest BCUT2D eigenvalue weighted by Gasteiger charge is -2.40. The SMILES string of the molecule is CC(=O)c1c(C)c2cnc(Nc3ccc(N4CCN(CC5CCN(c6ccc(N7CCC(=O)NC7=O)cc6)CC5)CC4)cn3)nc2n(C2CCCC2)c1=O. The van der Waals surface area contributed by atoms with Crippen LogP contribution in [0, 0.1) is 12.8 Å². The average molecular weight is 733 g/mol. The molecule has 1 aromatic carbocycles. The quantitative estimate of drug-likeness (QED) is 0.223. The molecule has 0 atom stereocenters. The van der Waals surface area contributed by atoms with Crippen molar-refractivity contribution >= 4 is 57.6 Å². The number of fused-ring (bicyclic) bond motifs is 1. The number of nitrogens with zero attached hydrogens (tertiary/aromatic N) is 8. The lowest BCUT2D eigenvalue weighted by atomic mass is 9.95. The molecule has 4 aromatic rings. The molecule has 4 aliphatic rings. The smallest absolute Gasteiger partial charge is 0.328 e. The highest BCUT2D eigenvalue weighted by atomic mass is 16.2. The summed E-state index contributed by atoms with van der Waals surface area (Å²) in [4.78, 5) is 72.8. The van der Waals surface area contributed by atoms with Gasteiger partial charge in [-0.05, 0) is 87.4 Å². The summed E-state index contributed by atoms with van der Waals surface area (Å²) in [5.41, 5.74) is 4.21. The van der Waals surface area contributed by atoms with Gasteiger partial charge in [-0.2, -0.15) is 4.98 Å². The minimum atomic E-state index is -0.354. The molecule has 1 saturated carbocycles. The van der Waals surface area contributed by atoms with Gasteiger partial charge < -0.3 is 15.1 Å². The number of ketones is 1. The van der Waals surface area contributed by atoms with E-state index >= 15 is 0 Å². The summed E-state index contributed by atoms with van der Waals surface area (Å²) in [6, 6.07) is 11.8. The van der Waals surface area contributed by atoms with Crippen LogP contribution in [0.15, 0.2) is 53.6 Å². The van der Waals surface area contributed by atoms with E-state index in [0.717, 1.165) is 101 Å². The molecule has 14 nitrogen and oxygen atoms in total. The van der Waals surface area contributed by atoms with Gasteiger partial charge in [0.05, 0.1) is 17.4 Å². The second-order valence-electron chi connectivity index (χ2n) is 15.1. The van der Waals surface area contributed by atoms with Gasteiger partial charge in [-0.1, -0.05) is 12.8 Å². The Bertz CT molecular complexity index is 2100. The van der Waals surface area contributed by atoms with Crippen LogP contribution in [0.2, 0.25) is 0 Å². The van der Waals surface area contributed by atoms with Gasteiger partial charge in [-0.25, -0.2) is 14.8 Å². The minimum absolute atomic E-state index is 0.0241. The molecule has 0 spiro atoms. The van der Waals surface area contributed by atoms with Crippen LogP contribution in [0.1, 0.15) is 73.8 Å². The van der Waals surface area contributed by atoms with Crippen molar-refractivity contribution in [1.29, 1.82) is 0 Å². The Hall–Kier alpha value is -5.37. The first-order chi connectivity index (χ1) is 26.2. The lowest BCUT2D eigenvalue weighted by Crippen LogP contribution is -2.49.